The van der Waals surface area contributed by atoms with Gasteiger partial charge in [-0.2, -0.15) is 0 Å². The molecule has 0 aliphatic rings. The summed E-state index contributed by atoms with van der Waals surface area (Å²) in [6, 6.07) is 14.1. The molecule has 0 aliphatic carbocycles. The van der Waals surface area contributed by atoms with E-state index in [2.05, 4.69) is 0 Å². The second-order valence-corrected chi connectivity index (χ2v) is 6.00. The van der Waals surface area contributed by atoms with Gasteiger partial charge in [-0.25, -0.2) is 4.79 Å². The van der Waals surface area contributed by atoms with E-state index in [0.717, 1.165) is 10.9 Å². The summed E-state index contributed by atoms with van der Waals surface area (Å²) in [5, 5.41) is 0.748. The Labute approximate surface area is 156 Å². The van der Waals surface area contributed by atoms with Gasteiger partial charge in [0.1, 0.15) is 12.2 Å². The van der Waals surface area contributed by atoms with Gasteiger partial charge in [-0.1, -0.05) is 24.3 Å². The van der Waals surface area contributed by atoms with Gasteiger partial charge in [0.05, 0.1) is 20.1 Å². The summed E-state index contributed by atoms with van der Waals surface area (Å²) < 4.78 is 21.2. The number of para-hydroxylation sites is 2. The van der Waals surface area contributed by atoms with Crippen LogP contribution < -0.4 is 15.1 Å². The molecule has 0 unspecified atom stereocenters. The van der Waals surface area contributed by atoms with Gasteiger partial charge in [-0.3, -0.25) is 4.79 Å². The molecule has 0 aliphatic heterocycles. The van der Waals surface area contributed by atoms with Crippen molar-refractivity contribution < 1.29 is 23.4 Å². The van der Waals surface area contributed by atoms with Gasteiger partial charge in [0.2, 0.25) is 0 Å². The Morgan fingerprint density at radius 3 is 2.63 bits per heavy atom. The summed E-state index contributed by atoms with van der Waals surface area (Å²) in [6.07, 6.45) is 0.0799. The second-order valence-electron chi connectivity index (χ2n) is 6.00. The molecule has 0 atom stereocenters. The SMILES string of the molecule is COc1ccccc1OCCC(=O)OCc1cc(=O)oc2cc(C)ccc12. The molecule has 0 fully saturated rings. The third-order valence-corrected chi connectivity index (χ3v) is 4.01. The number of hydrogen-bond acceptors (Lipinski definition) is 6. The Bertz CT molecular complexity index is 1000. The second kappa shape index (κ2) is 8.40. The minimum atomic E-state index is -0.473. The predicted octanol–water partition coefficient (Wildman–Crippen LogP) is 3.62. The molecule has 1 aromatic heterocycles. The molecule has 0 N–H and O–H groups in total. The smallest absolute Gasteiger partial charge is 0.336 e. The maximum Gasteiger partial charge on any atom is 0.336 e. The average molecular weight is 368 g/mol. The van der Waals surface area contributed by atoms with Crippen LogP contribution in [-0.4, -0.2) is 19.7 Å². The fourth-order valence-corrected chi connectivity index (χ4v) is 2.67. The number of carbonyl (C=O) groups is 1. The fraction of sp³-hybridized carbons (Fsp3) is 0.238. The lowest BCUT2D eigenvalue weighted by Gasteiger charge is -2.10. The molecule has 6 nitrogen and oxygen atoms in total. The Kier molecular flexibility index (Phi) is 5.76. The van der Waals surface area contributed by atoms with Crippen LogP contribution in [0.5, 0.6) is 11.5 Å². The van der Waals surface area contributed by atoms with E-state index in [1.54, 1.807) is 25.3 Å². The molecule has 0 saturated heterocycles. The third kappa shape index (κ3) is 4.67. The number of hydrogen-bond donors (Lipinski definition) is 0. The standard InChI is InChI=1S/C21H20O6/c1-14-7-8-16-15(12-21(23)27-19(16)11-14)13-26-20(22)9-10-25-18-6-4-3-5-17(18)24-2/h3-8,11-12H,9-10,13H2,1-2H3. The van der Waals surface area contributed by atoms with Crippen molar-refractivity contribution in [2.24, 2.45) is 0 Å². The van der Waals surface area contributed by atoms with Gasteiger partial charge < -0.3 is 18.6 Å². The van der Waals surface area contributed by atoms with Crippen LogP contribution in [-0.2, 0) is 16.1 Å². The van der Waals surface area contributed by atoms with Crippen molar-refractivity contribution in [2.45, 2.75) is 20.0 Å². The lowest BCUT2D eigenvalue weighted by molar-refractivity contribution is -0.145. The zero-order valence-electron chi connectivity index (χ0n) is 15.2. The summed E-state index contributed by atoms with van der Waals surface area (Å²) >= 11 is 0. The van der Waals surface area contributed by atoms with Gasteiger partial charge in [0.25, 0.3) is 0 Å². The van der Waals surface area contributed by atoms with Crippen LogP contribution in [0.4, 0.5) is 0 Å². The summed E-state index contributed by atoms with van der Waals surface area (Å²) in [6.45, 7) is 2.07. The van der Waals surface area contributed by atoms with Crippen LogP contribution in [0.25, 0.3) is 11.0 Å². The summed E-state index contributed by atoms with van der Waals surface area (Å²) in [5.41, 5.74) is 1.60. The molecular formula is C21H20O6. The van der Waals surface area contributed by atoms with Gasteiger partial charge in [-0.05, 0) is 30.7 Å². The van der Waals surface area contributed by atoms with Crippen molar-refractivity contribution >= 4 is 16.9 Å². The molecule has 6 heteroatoms. The van der Waals surface area contributed by atoms with E-state index in [4.69, 9.17) is 18.6 Å². The number of esters is 1. The number of methoxy groups -OCH3 is 1. The van der Waals surface area contributed by atoms with E-state index in [9.17, 15) is 9.59 Å². The quantitative estimate of drug-likeness (QED) is 0.468. The number of carbonyl (C=O) groups excluding carboxylic acids is 1. The first-order chi connectivity index (χ1) is 13.1. The Balaban J connectivity index is 1.58. The first-order valence-corrected chi connectivity index (χ1v) is 8.51. The van der Waals surface area contributed by atoms with Crippen molar-refractivity contribution in [1.29, 1.82) is 0 Å². The normalized spacial score (nSPS) is 10.6. The van der Waals surface area contributed by atoms with E-state index in [1.165, 1.54) is 6.07 Å². The van der Waals surface area contributed by atoms with Crippen molar-refractivity contribution in [3.63, 3.8) is 0 Å². The largest absolute Gasteiger partial charge is 0.493 e. The number of fused-ring (bicyclic) bond motifs is 1. The van der Waals surface area contributed by atoms with Gasteiger partial charge in [0, 0.05) is 17.0 Å². The average Bonchev–Trinajstić information content (AvgIpc) is 2.66. The van der Waals surface area contributed by atoms with Gasteiger partial charge >= 0.3 is 11.6 Å². The molecule has 1 heterocycles. The van der Waals surface area contributed by atoms with Crippen LogP contribution in [0.15, 0.2) is 57.7 Å². The van der Waals surface area contributed by atoms with Gasteiger partial charge in [0.15, 0.2) is 11.5 Å². The first-order valence-electron chi connectivity index (χ1n) is 8.51. The number of ether oxygens (including phenoxy) is 3. The van der Waals surface area contributed by atoms with Gasteiger partial charge in [-0.15, -0.1) is 0 Å². The molecule has 0 bridgehead atoms. The highest BCUT2D eigenvalue weighted by Crippen LogP contribution is 2.25. The third-order valence-electron chi connectivity index (χ3n) is 4.01. The highest BCUT2D eigenvalue weighted by atomic mass is 16.5. The number of benzene rings is 2. The van der Waals surface area contributed by atoms with Crippen LogP contribution in [0.3, 0.4) is 0 Å². The molecule has 0 spiro atoms. The molecule has 2 aromatic carbocycles. The van der Waals surface area contributed by atoms with Crippen LogP contribution in [0, 0.1) is 6.92 Å². The molecule has 0 amide bonds. The Morgan fingerprint density at radius 1 is 1.07 bits per heavy atom. The van der Waals surface area contributed by atoms with E-state index in [0.29, 0.717) is 22.6 Å². The lowest BCUT2D eigenvalue weighted by Crippen LogP contribution is -2.11. The molecule has 3 aromatic rings. The fourth-order valence-electron chi connectivity index (χ4n) is 2.67. The summed E-state index contributed by atoms with van der Waals surface area (Å²) in [5.74, 6) is 0.747. The molecule has 0 radical (unpaired) electrons. The molecule has 27 heavy (non-hydrogen) atoms. The topological polar surface area (TPSA) is 75.0 Å². The maximum absolute atomic E-state index is 12.0. The van der Waals surface area contributed by atoms with Crippen LogP contribution >= 0.6 is 0 Å². The van der Waals surface area contributed by atoms with E-state index >= 15 is 0 Å². The Morgan fingerprint density at radius 2 is 1.85 bits per heavy atom. The molecule has 0 saturated carbocycles. The summed E-state index contributed by atoms with van der Waals surface area (Å²) in [4.78, 5) is 23.7. The van der Waals surface area contributed by atoms with E-state index in [-0.39, 0.29) is 19.6 Å². The summed E-state index contributed by atoms with van der Waals surface area (Å²) in [7, 11) is 1.55. The van der Waals surface area contributed by atoms with Crippen LogP contribution in [0.1, 0.15) is 17.5 Å². The van der Waals surface area contributed by atoms with Crippen LogP contribution in [0.2, 0.25) is 0 Å². The zero-order valence-corrected chi connectivity index (χ0v) is 15.2. The first kappa shape index (κ1) is 18.5. The number of rotatable bonds is 7. The zero-order chi connectivity index (χ0) is 19.2. The molecule has 3 rings (SSSR count). The highest BCUT2D eigenvalue weighted by Gasteiger charge is 2.10. The lowest BCUT2D eigenvalue weighted by atomic mass is 10.1. The molecule has 140 valence electrons. The maximum atomic E-state index is 12.0. The highest BCUT2D eigenvalue weighted by molar-refractivity contribution is 5.81. The van der Waals surface area contributed by atoms with E-state index < -0.39 is 11.6 Å². The van der Waals surface area contributed by atoms with Crippen molar-refractivity contribution in [3.8, 4) is 11.5 Å². The number of aryl methyl sites for hydroxylation is 1. The molecular weight excluding hydrogens is 348 g/mol. The van der Waals surface area contributed by atoms with Crippen molar-refractivity contribution in [2.75, 3.05) is 13.7 Å². The van der Waals surface area contributed by atoms with Crippen molar-refractivity contribution in [3.05, 3.63) is 70.1 Å². The minimum Gasteiger partial charge on any atom is -0.493 e. The van der Waals surface area contributed by atoms with Crippen molar-refractivity contribution in [1.82, 2.24) is 0 Å². The van der Waals surface area contributed by atoms with E-state index in [1.807, 2.05) is 31.2 Å². The minimum absolute atomic E-state index is 0.00134. The Hall–Kier alpha value is -3.28. The monoisotopic (exact) mass is 368 g/mol. The predicted molar refractivity (Wildman–Crippen MR) is 100 cm³/mol.